The summed E-state index contributed by atoms with van der Waals surface area (Å²) in [5, 5.41) is 8.78. The summed E-state index contributed by atoms with van der Waals surface area (Å²) >= 11 is 0. The topological polar surface area (TPSA) is 63.6 Å². The lowest BCUT2D eigenvalue weighted by molar-refractivity contribution is -0.145. The van der Waals surface area contributed by atoms with Crippen LogP contribution >= 0.6 is 0 Å². The quantitative estimate of drug-likeness (QED) is 0.642. The van der Waals surface area contributed by atoms with E-state index >= 15 is 0 Å². The molecule has 1 saturated heterocycles. The maximum Gasteiger partial charge on any atom is 0.306 e. The summed E-state index contributed by atoms with van der Waals surface area (Å²) in [5.41, 5.74) is 0. The van der Waals surface area contributed by atoms with E-state index in [2.05, 4.69) is 0 Å². The number of Topliss-reactive ketones (excluding diaryl/α,β-unsaturated/α-hetero) is 1. The van der Waals surface area contributed by atoms with Gasteiger partial charge in [-0.05, 0) is 19.3 Å². The van der Waals surface area contributed by atoms with Gasteiger partial charge in [-0.15, -0.1) is 0 Å². The smallest absolute Gasteiger partial charge is 0.306 e. The number of carbonyl (C=O) groups excluding carboxylic acids is 1. The first-order chi connectivity index (χ1) is 6.18. The Balaban J connectivity index is 2.03. The van der Waals surface area contributed by atoms with E-state index in [-0.39, 0.29) is 30.3 Å². The number of fused-ring (bicyclic) bond motifs is 1. The summed E-state index contributed by atoms with van der Waals surface area (Å²) in [6.07, 6.45) is 1.68. The third-order valence-electron chi connectivity index (χ3n) is 2.99. The van der Waals surface area contributed by atoms with Crippen LogP contribution < -0.4 is 0 Å². The third kappa shape index (κ3) is 1.46. The van der Waals surface area contributed by atoms with Crippen LogP contribution in [0, 0.1) is 11.8 Å². The summed E-state index contributed by atoms with van der Waals surface area (Å²) < 4.78 is 5.24. The zero-order valence-electron chi connectivity index (χ0n) is 7.23. The van der Waals surface area contributed by atoms with E-state index < -0.39 is 5.97 Å². The predicted octanol–water partition coefficient (Wildman–Crippen LogP) is 0.455. The van der Waals surface area contributed by atoms with Crippen LogP contribution in [0.3, 0.4) is 0 Å². The number of aliphatic carboxylic acids is 1. The molecule has 0 aromatic heterocycles. The summed E-state index contributed by atoms with van der Waals surface area (Å²) in [4.78, 5) is 21.9. The molecule has 2 fully saturated rings. The average Bonchev–Trinajstić information content (AvgIpc) is 2.47. The summed E-state index contributed by atoms with van der Waals surface area (Å²) in [6.45, 7) is 0.182. The van der Waals surface area contributed by atoms with E-state index in [1.165, 1.54) is 0 Å². The van der Waals surface area contributed by atoms with Crippen molar-refractivity contribution in [3.05, 3.63) is 0 Å². The molecule has 0 spiro atoms. The molecule has 1 unspecified atom stereocenters. The first-order valence-corrected chi connectivity index (χ1v) is 4.55. The van der Waals surface area contributed by atoms with E-state index in [4.69, 9.17) is 9.84 Å². The molecule has 4 nitrogen and oxygen atoms in total. The number of hydrogen-bond donors (Lipinski definition) is 1. The molecule has 0 radical (unpaired) electrons. The van der Waals surface area contributed by atoms with Gasteiger partial charge in [0.05, 0.1) is 12.0 Å². The maximum absolute atomic E-state index is 11.2. The highest BCUT2D eigenvalue weighted by Gasteiger charge is 2.42. The molecule has 0 amide bonds. The lowest BCUT2D eigenvalue weighted by Crippen LogP contribution is -2.32. The van der Waals surface area contributed by atoms with Crippen molar-refractivity contribution in [2.75, 3.05) is 6.61 Å². The molecule has 0 aromatic carbocycles. The minimum absolute atomic E-state index is 0.0180. The molecule has 13 heavy (non-hydrogen) atoms. The average molecular weight is 184 g/mol. The van der Waals surface area contributed by atoms with E-state index in [1.54, 1.807) is 0 Å². The van der Waals surface area contributed by atoms with E-state index in [1.807, 2.05) is 0 Å². The highest BCUT2D eigenvalue weighted by Crippen LogP contribution is 2.35. The van der Waals surface area contributed by atoms with Crippen molar-refractivity contribution in [1.82, 2.24) is 0 Å². The van der Waals surface area contributed by atoms with Gasteiger partial charge in [-0.25, -0.2) is 0 Å². The van der Waals surface area contributed by atoms with Gasteiger partial charge in [-0.2, -0.15) is 0 Å². The highest BCUT2D eigenvalue weighted by atomic mass is 16.5. The fraction of sp³-hybridized carbons (Fsp3) is 0.778. The van der Waals surface area contributed by atoms with Crippen molar-refractivity contribution in [3.8, 4) is 0 Å². The van der Waals surface area contributed by atoms with Gasteiger partial charge in [0.15, 0.2) is 5.78 Å². The molecule has 1 heterocycles. The third-order valence-corrected chi connectivity index (χ3v) is 2.99. The molecule has 2 rings (SSSR count). The summed E-state index contributed by atoms with van der Waals surface area (Å²) in [7, 11) is 0. The molecule has 1 aliphatic heterocycles. The van der Waals surface area contributed by atoms with Gasteiger partial charge in [0.2, 0.25) is 0 Å². The number of carboxylic acids is 1. The lowest BCUT2D eigenvalue weighted by Gasteiger charge is -2.26. The van der Waals surface area contributed by atoms with Crippen LogP contribution in [0.1, 0.15) is 19.3 Å². The minimum atomic E-state index is -0.763. The molecule has 72 valence electrons. The Hall–Kier alpha value is -0.900. The van der Waals surface area contributed by atoms with Crippen molar-refractivity contribution in [3.63, 3.8) is 0 Å². The fourth-order valence-electron chi connectivity index (χ4n) is 2.20. The zero-order chi connectivity index (χ0) is 9.42. The number of ether oxygens (including phenoxy) is 1. The number of rotatable bonds is 1. The Morgan fingerprint density at radius 2 is 2.23 bits per heavy atom. The Labute approximate surface area is 75.9 Å². The summed E-state index contributed by atoms with van der Waals surface area (Å²) in [5.74, 6) is -0.946. The standard InChI is InChI=1S/C9H12O4/c10-7-4-13-8-3-5(9(11)12)1-2-6(7)8/h5-6,8H,1-4H2,(H,11,12)/t5?,6-,8-/m1/s1. The molecule has 3 atom stereocenters. The molecule has 1 aliphatic carbocycles. The van der Waals surface area contributed by atoms with Crippen LogP contribution in [0.4, 0.5) is 0 Å². The van der Waals surface area contributed by atoms with Crippen LogP contribution in [0.15, 0.2) is 0 Å². The Kier molecular flexibility index (Phi) is 2.07. The Bertz CT molecular complexity index is 248. The largest absolute Gasteiger partial charge is 0.481 e. The monoisotopic (exact) mass is 184 g/mol. The van der Waals surface area contributed by atoms with Gasteiger partial charge in [0, 0.05) is 5.92 Å². The van der Waals surface area contributed by atoms with Crippen molar-refractivity contribution in [1.29, 1.82) is 0 Å². The van der Waals surface area contributed by atoms with Crippen molar-refractivity contribution >= 4 is 11.8 Å². The van der Waals surface area contributed by atoms with Gasteiger partial charge in [-0.3, -0.25) is 9.59 Å². The van der Waals surface area contributed by atoms with E-state index in [9.17, 15) is 9.59 Å². The van der Waals surface area contributed by atoms with Gasteiger partial charge < -0.3 is 9.84 Å². The zero-order valence-corrected chi connectivity index (χ0v) is 7.23. The number of ketones is 1. The molecular formula is C9H12O4. The first-order valence-electron chi connectivity index (χ1n) is 4.55. The van der Waals surface area contributed by atoms with E-state index in [0.717, 1.165) is 0 Å². The van der Waals surface area contributed by atoms with Crippen LogP contribution in [0.25, 0.3) is 0 Å². The molecule has 0 aromatic rings. The molecule has 0 bridgehead atoms. The second-order valence-corrected chi connectivity index (χ2v) is 3.77. The predicted molar refractivity (Wildman–Crippen MR) is 43.2 cm³/mol. The van der Waals surface area contributed by atoms with Crippen LogP contribution in [0.2, 0.25) is 0 Å². The number of hydrogen-bond acceptors (Lipinski definition) is 3. The maximum atomic E-state index is 11.2. The second-order valence-electron chi connectivity index (χ2n) is 3.77. The Morgan fingerprint density at radius 1 is 1.46 bits per heavy atom. The van der Waals surface area contributed by atoms with Crippen molar-refractivity contribution < 1.29 is 19.4 Å². The van der Waals surface area contributed by atoms with Crippen molar-refractivity contribution in [2.45, 2.75) is 25.4 Å². The van der Waals surface area contributed by atoms with Crippen LogP contribution in [-0.2, 0) is 14.3 Å². The molecule has 1 saturated carbocycles. The van der Waals surface area contributed by atoms with Crippen molar-refractivity contribution in [2.24, 2.45) is 11.8 Å². The number of carboxylic acid groups (broad SMARTS) is 1. The van der Waals surface area contributed by atoms with Gasteiger partial charge >= 0.3 is 5.97 Å². The van der Waals surface area contributed by atoms with E-state index in [0.29, 0.717) is 19.3 Å². The second kappa shape index (κ2) is 3.10. The Morgan fingerprint density at radius 3 is 2.92 bits per heavy atom. The molecular weight excluding hydrogens is 172 g/mol. The van der Waals surface area contributed by atoms with Gasteiger partial charge in [-0.1, -0.05) is 0 Å². The minimum Gasteiger partial charge on any atom is -0.481 e. The summed E-state index contributed by atoms with van der Waals surface area (Å²) in [6, 6.07) is 0. The SMILES string of the molecule is O=C(O)C1CC[C@@H]2C(=O)CO[C@@H]2C1. The first kappa shape index (κ1) is 8.69. The molecule has 1 N–H and O–H groups in total. The normalized spacial score (nSPS) is 38.8. The van der Waals surface area contributed by atoms with Crippen LogP contribution in [-0.4, -0.2) is 29.6 Å². The lowest BCUT2D eigenvalue weighted by atomic mass is 9.79. The van der Waals surface area contributed by atoms with Crippen LogP contribution in [0.5, 0.6) is 0 Å². The van der Waals surface area contributed by atoms with Gasteiger partial charge in [0.1, 0.15) is 6.61 Å². The fourth-order valence-corrected chi connectivity index (χ4v) is 2.20. The molecule has 4 heteroatoms. The molecule has 2 aliphatic rings. The number of carbonyl (C=O) groups is 2. The van der Waals surface area contributed by atoms with Gasteiger partial charge in [0.25, 0.3) is 0 Å². The highest BCUT2D eigenvalue weighted by molar-refractivity contribution is 5.85.